The zero-order chi connectivity index (χ0) is 13.2. The lowest BCUT2D eigenvalue weighted by molar-refractivity contribution is -0.0229. The first-order chi connectivity index (χ1) is 8.52. The standard InChI is InChI=1S/C15H21BrO2/c1-15(2)8-7-12(18-15)9-11(10-17)13-5-3-4-6-14(13)16/h3-6,11-12,17H,7-10H2,1-2H3. The lowest BCUT2D eigenvalue weighted by Gasteiger charge is -2.23. The summed E-state index contributed by atoms with van der Waals surface area (Å²) in [5, 5.41) is 9.62. The van der Waals surface area contributed by atoms with Crippen LogP contribution in [0.2, 0.25) is 0 Å². The fourth-order valence-corrected chi connectivity index (χ4v) is 3.28. The van der Waals surface area contributed by atoms with E-state index in [2.05, 4.69) is 35.8 Å². The molecule has 2 atom stereocenters. The Morgan fingerprint density at radius 1 is 1.44 bits per heavy atom. The van der Waals surface area contributed by atoms with Crippen LogP contribution in [0.1, 0.15) is 44.6 Å². The van der Waals surface area contributed by atoms with Crippen molar-refractivity contribution in [3.8, 4) is 0 Å². The van der Waals surface area contributed by atoms with Gasteiger partial charge in [0, 0.05) is 10.4 Å². The van der Waals surface area contributed by atoms with Crippen LogP contribution in [0.25, 0.3) is 0 Å². The van der Waals surface area contributed by atoms with Gasteiger partial charge >= 0.3 is 0 Å². The van der Waals surface area contributed by atoms with Crippen LogP contribution < -0.4 is 0 Å². The van der Waals surface area contributed by atoms with E-state index in [-0.39, 0.29) is 24.2 Å². The summed E-state index contributed by atoms with van der Waals surface area (Å²) in [6.07, 6.45) is 3.35. The van der Waals surface area contributed by atoms with E-state index in [1.807, 2.05) is 18.2 Å². The van der Waals surface area contributed by atoms with E-state index >= 15 is 0 Å². The van der Waals surface area contributed by atoms with Crippen LogP contribution in [-0.4, -0.2) is 23.4 Å². The molecular weight excluding hydrogens is 292 g/mol. The maximum absolute atomic E-state index is 9.62. The molecule has 1 saturated heterocycles. The highest BCUT2D eigenvalue weighted by Crippen LogP contribution is 2.36. The molecule has 100 valence electrons. The number of aliphatic hydroxyl groups excluding tert-OH is 1. The van der Waals surface area contributed by atoms with Crippen molar-refractivity contribution < 1.29 is 9.84 Å². The maximum atomic E-state index is 9.62. The highest BCUT2D eigenvalue weighted by atomic mass is 79.9. The van der Waals surface area contributed by atoms with Crippen molar-refractivity contribution in [2.75, 3.05) is 6.61 Å². The molecule has 1 aromatic rings. The number of rotatable bonds is 4. The fourth-order valence-electron chi connectivity index (χ4n) is 2.67. The number of ether oxygens (including phenoxy) is 1. The molecule has 2 nitrogen and oxygen atoms in total. The molecule has 0 aromatic heterocycles. The summed E-state index contributed by atoms with van der Waals surface area (Å²) in [5.74, 6) is 0.152. The Morgan fingerprint density at radius 2 is 2.17 bits per heavy atom. The first-order valence-electron chi connectivity index (χ1n) is 6.55. The van der Waals surface area contributed by atoms with Gasteiger partial charge in [0.15, 0.2) is 0 Å². The van der Waals surface area contributed by atoms with Crippen molar-refractivity contribution in [1.29, 1.82) is 0 Å². The van der Waals surface area contributed by atoms with E-state index in [0.717, 1.165) is 23.7 Å². The van der Waals surface area contributed by atoms with E-state index in [4.69, 9.17) is 4.74 Å². The molecular formula is C15H21BrO2. The summed E-state index contributed by atoms with van der Waals surface area (Å²) in [4.78, 5) is 0. The smallest absolute Gasteiger partial charge is 0.0631 e. The molecule has 1 fully saturated rings. The van der Waals surface area contributed by atoms with Crippen molar-refractivity contribution >= 4 is 15.9 Å². The predicted molar refractivity (Wildman–Crippen MR) is 76.8 cm³/mol. The second-order valence-electron chi connectivity index (χ2n) is 5.67. The first kappa shape index (κ1) is 14.0. The van der Waals surface area contributed by atoms with Gasteiger partial charge in [-0.25, -0.2) is 0 Å². The van der Waals surface area contributed by atoms with Crippen LogP contribution in [0.15, 0.2) is 28.7 Å². The third kappa shape index (κ3) is 3.34. The molecule has 2 rings (SSSR count). The van der Waals surface area contributed by atoms with E-state index < -0.39 is 0 Å². The van der Waals surface area contributed by atoms with Gasteiger partial charge in [-0.05, 0) is 44.7 Å². The Balaban J connectivity index is 2.05. The van der Waals surface area contributed by atoms with Crippen LogP contribution in [0.3, 0.4) is 0 Å². The molecule has 3 heteroatoms. The second kappa shape index (κ2) is 5.72. The highest BCUT2D eigenvalue weighted by molar-refractivity contribution is 9.10. The minimum Gasteiger partial charge on any atom is -0.396 e. The molecule has 0 aliphatic carbocycles. The Kier molecular flexibility index (Phi) is 4.46. The quantitative estimate of drug-likeness (QED) is 0.914. The van der Waals surface area contributed by atoms with Crippen molar-refractivity contribution in [2.45, 2.75) is 50.7 Å². The van der Waals surface area contributed by atoms with Gasteiger partial charge in [-0.2, -0.15) is 0 Å². The minimum absolute atomic E-state index is 0.00140. The molecule has 0 radical (unpaired) electrons. The average Bonchev–Trinajstić information content (AvgIpc) is 2.67. The molecule has 2 unspecified atom stereocenters. The van der Waals surface area contributed by atoms with Gasteiger partial charge in [0.1, 0.15) is 0 Å². The van der Waals surface area contributed by atoms with Gasteiger partial charge in [-0.1, -0.05) is 34.1 Å². The second-order valence-corrected chi connectivity index (χ2v) is 6.53. The van der Waals surface area contributed by atoms with Crippen LogP contribution in [0, 0.1) is 0 Å². The van der Waals surface area contributed by atoms with E-state index in [0.29, 0.717) is 0 Å². The van der Waals surface area contributed by atoms with Crippen LogP contribution in [-0.2, 0) is 4.74 Å². The van der Waals surface area contributed by atoms with Crippen LogP contribution in [0.4, 0.5) is 0 Å². The molecule has 0 spiro atoms. The summed E-state index contributed by atoms with van der Waals surface area (Å²) in [5.41, 5.74) is 1.17. The summed E-state index contributed by atoms with van der Waals surface area (Å²) in [6, 6.07) is 8.11. The van der Waals surface area contributed by atoms with E-state index in [1.54, 1.807) is 0 Å². The summed E-state index contributed by atoms with van der Waals surface area (Å²) < 4.78 is 7.09. The minimum atomic E-state index is -0.00140. The third-order valence-electron chi connectivity index (χ3n) is 3.67. The lowest BCUT2D eigenvalue weighted by atomic mass is 9.92. The number of aliphatic hydroxyl groups is 1. The zero-order valence-corrected chi connectivity index (χ0v) is 12.6. The largest absolute Gasteiger partial charge is 0.396 e. The lowest BCUT2D eigenvalue weighted by Crippen LogP contribution is -2.22. The monoisotopic (exact) mass is 312 g/mol. The molecule has 1 N–H and O–H groups in total. The Bertz CT molecular complexity index is 403. The zero-order valence-electron chi connectivity index (χ0n) is 11.0. The molecule has 1 aromatic carbocycles. The molecule has 1 aliphatic heterocycles. The van der Waals surface area contributed by atoms with Crippen molar-refractivity contribution in [3.05, 3.63) is 34.3 Å². The van der Waals surface area contributed by atoms with Gasteiger partial charge in [0.2, 0.25) is 0 Å². The summed E-state index contributed by atoms with van der Waals surface area (Å²) in [6.45, 7) is 4.45. The normalized spacial score (nSPS) is 24.1. The number of halogens is 1. The first-order valence-corrected chi connectivity index (χ1v) is 7.34. The molecule has 0 saturated carbocycles. The molecule has 18 heavy (non-hydrogen) atoms. The third-order valence-corrected chi connectivity index (χ3v) is 4.39. The Labute approximate surface area is 117 Å². The maximum Gasteiger partial charge on any atom is 0.0631 e. The van der Waals surface area contributed by atoms with Gasteiger partial charge < -0.3 is 9.84 Å². The molecule has 0 bridgehead atoms. The Morgan fingerprint density at radius 3 is 2.72 bits per heavy atom. The average molecular weight is 313 g/mol. The van der Waals surface area contributed by atoms with Gasteiger partial charge in [0.25, 0.3) is 0 Å². The van der Waals surface area contributed by atoms with Gasteiger partial charge in [-0.3, -0.25) is 0 Å². The van der Waals surface area contributed by atoms with Gasteiger partial charge in [0.05, 0.1) is 18.3 Å². The number of hydrogen-bond donors (Lipinski definition) is 1. The summed E-state index contributed by atoms with van der Waals surface area (Å²) in [7, 11) is 0. The topological polar surface area (TPSA) is 29.5 Å². The van der Waals surface area contributed by atoms with Crippen LogP contribution in [0.5, 0.6) is 0 Å². The van der Waals surface area contributed by atoms with Crippen molar-refractivity contribution in [3.63, 3.8) is 0 Å². The Hall–Kier alpha value is -0.380. The number of benzene rings is 1. The van der Waals surface area contributed by atoms with E-state index in [9.17, 15) is 5.11 Å². The number of hydrogen-bond acceptors (Lipinski definition) is 2. The van der Waals surface area contributed by atoms with E-state index in [1.165, 1.54) is 5.56 Å². The van der Waals surface area contributed by atoms with Crippen molar-refractivity contribution in [1.82, 2.24) is 0 Å². The fraction of sp³-hybridized carbons (Fsp3) is 0.600. The van der Waals surface area contributed by atoms with Gasteiger partial charge in [-0.15, -0.1) is 0 Å². The highest BCUT2D eigenvalue weighted by Gasteiger charge is 2.33. The SMILES string of the molecule is CC1(C)CCC(CC(CO)c2ccccc2Br)O1. The molecule has 1 heterocycles. The van der Waals surface area contributed by atoms with Crippen molar-refractivity contribution in [2.24, 2.45) is 0 Å². The molecule has 1 aliphatic rings. The molecule has 0 amide bonds. The predicted octanol–water partition coefficient (Wildman–Crippen LogP) is 3.87. The summed E-state index contributed by atoms with van der Waals surface area (Å²) >= 11 is 3.56. The van der Waals surface area contributed by atoms with Crippen LogP contribution >= 0.6 is 15.9 Å².